The lowest BCUT2D eigenvalue weighted by molar-refractivity contribution is -0.147. The summed E-state index contributed by atoms with van der Waals surface area (Å²) in [5.41, 5.74) is 2.13. The van der Waals surface area contributed by atoms with Gasteiger partial charge in [0.05, 0.1) is 6.61 Å². The highest BCUT2D eigenvalue weighted by Gasteiger charge is 2.07. The molecule has 0 radical (unpaired) electrons. The summed E-state index contributed by atoms with van der Waals surface area (Å²) in [6, 6.07) is 5.84. The lowest BCUT2D eigenvalue weighted by Gasteiger charge is -2.08. The maximum Gasteiger partial charge on any atom is 0.305 e. The first-order valence-electron chi connectivity index (χ1n) is 11.6. The Kier molecular flexibility index (Phi) is 17.2. The van der Waals surface area contributed by atoms with Crippen LogP contribution in [0.25, 0.3) is 0 Å². The molecule has 3 N–H and O–H groups in total. The summed E-state index contributed by atoms with van der Waals surface area (Å²) in [6.07, 6.45) is 10.4. The van der Waals surface area contributed by atoms with Crippen LogP contribution in [0.4, 0.5) is 0 Å². The Bertz CT molecular complexity index is 556. The number of aryl methyl sites for hydroxylation is 1. The van der Waals surface area contributed by atoms with E-state index in [1.165, 1.54) is 50.5 Å². The van der Waals surface area contributed by atoms with Crippen LogP contribution in [-0.2, 0) is 9.53 Å². The van der Waals surface area contributed by atoms with Crippen molar-refractivity contribution in [1.29, 1.82) is 0 Å². The van der Waals surface area contributed by atoms with E-state index in [1.54, 1.807) is 0 Å². The summed E-state index contributed by atoms with van der Waals surface area (Å²) in [6.45, 7) is 7.88. The lowest BCUT2D eigenvalue weighted by Crippen LogP contribution is -2.21. The summed E-state index contributed by atoms with van der Waals surface area (Å²) < 4.78 is 4.82. The van der Waals surface area contributed by atoms with Gasteiger partial charge in [-0.2, -0.15) is 0 Å². The zero-order valence-electron chi connectivity index (χ0n) is 19.5. The average molecular weight is 425 g/mol. The Morgan fingerprint density at radius 3 is 2.07 bits per heavy atom. The summed E-state index contributed by atoms with van der Waals surface area (Å²) >= 11 is 0. The zero-order valence-corrected chi connectivity index (χ0v) is 19.5. The van der Waals surface area contributed by atoms with Gasteiger partial charge in [-0.05, 0) is 36.5 Å². The Morgan fingerprint density at radius 2 is 1.57 bits per heavy atom. The Hall–Kier alpha value is -1.59. The topological polar surface area (TPSA) is 87.0 Å². The molecular weight excluding hydrogens is 380 g/mol. The highest BCUT2D eigenvalue weighted by Crippen LogP contribution is 2.22. The number of aliphatic hydroxyl groups excluding tert-OH is 2. The summed E-state index contributed by atoms with van der Waals surface area (Å²) in [5.74, 6) is 0.605. The van der Waals surface area contributed by atoms with Crippen molar-refractivity contribution in [2.75, 3.05) is 13.2 Å². The van der Waals surface area contributed by atoms with Crippen LogP contribution < -0.4 is 0 Å². The molecule has 0 heterocycles. The number of aromatic hydroxyl groups is 1. The molecule has 0 amide bonds. The number of phenols is 1. The third kappa shape index (κ3) is 15.3. The van der Waals surface area contributed by atoms with Crippen molar-refractivity contribution in [3.05, 3.63) is 29.3 Å². The van der Waals surface area contributed by atoms with Gasteiger partial charge in [0.15, 0.2) is 0 Å². The molecule has 5 nitrogen and oxygen atoms in total. The van der Waals surface area contributed by atoms with E-state index in [-0.39, 0.29) is 19.2 Å². The number of esters is 1. The first kappa shape index (κ1) is 28.4. The molecule has 1 rings (SSSR count). The smallest absolute Gasteiger partial charge is 0.305 e. The summed E-state index contributed by atoms with van der Waals surface area (Å²) in [4.78, 5) is 11.3. The molecule has 174 valence electrons. The molecule has 0 spiro atoms. The third-order valence-corrected chi connectivity index (χ3v) is 5.03. The van der Waals surface area contributed by atoms with Crippen molar-refractivity contribution in [3.8, 4) is 5.75 Å². The van der Waals surface area contributed by atoms with Crippen LogP contribution in [-0.4, -0.2) is 40.6 Å². The highest BCUT2D eigenvalue weighted by atomic mass is 16.5. The van der Waals surface area contributed by atoms with Crippen molar-refractivity contribution in [1.82, 2.24) is 0 Å². The van der Waals surface area contributed by atoms with E-state index in [0.717, 1.165) is 18.4 Å². The molecule has 30 heavy (non-hydrogen) atoms. The molecule has 0 aromatic heterocycles. The highest BCUT2D eigenvalue weighted by molar-refractivity contribution is 5.69. The second-order valence-electron chi connectivity index (χ2n) is 8.30. The monoisotopic (exact) mass is 424 g/mol. The van der Waals surface area contributed by atoms with Gasteiger partial charge < -0.3 is 20.1 Å². The number of phenolic OH excluding ortho intramolecular Hbond substituents is 1. The van der Waals surface area contributed by atoms with Crippen LogP contribution in [0.5, 0.6) is 5.75 Å². The predicted molar refractivity (Wildman–Crippen MR) is 123 cm³/mol. The van der Waals surface area contributed by atoms with Crippen molar-refractivity contribution >= 4 is 5.97 Å². The number of carbonyl (C=O) groups is 1. The standard InChI is InChI=1S/C15H30O4.C10H14O/c1-2-3-4-5-6-7-8-9-10-11-15(18)19-13-14(17)12-16;1-7(2)9-5-4-8(3)10(11)6-9/h14,16-17H,2-13H2,1H3;4-7,11H,1-3H3. The first-order chi connectivity index (χ1) is 14.3. The molecule has 1 atom stereocenters. The minimum atomic E-state index is -0.952. The van der Waals surface area contributed by atoms with E-state index in [0.29, 0.717) is 18.1 Å². The number of ether oxygens (including phenoxy) is 1. The molecule has 0 aliphatic carbocycles. The molecule has 5 heteroatoms. The van der Waals surface area contributed by atoms with Crippen LogP contribution in [0.1, 0.15) is 102 Å². The molecule has 0 aliphatic rings. The fraction of sp³-hybridized carbons (Fsp3) is 0.720. The van der Waals surface area contributed by atoms with E-state index in [2.05, 4.69) is 26.8 Å². The van der Waals surface area contributed by atoms with E-state index >= 15 is 0 Å². The van der Waals surface area contributed by atoms with Gasteiger partial charge in [-0.3, -0.25) is 4.79 Å². The number of aliphatic hydroxyl groups is 2. The molecule has 0 bridgehead atoms. The van der Waals surface area contributed by atoms with E-state index < -0.39 is 6.10 Å². The molecule has 0 saturated carbocycles. The number of carbonyl (C=O) groups excluding carboxylic acids is 1. The number of unbranched alkanes of at least 4 members (excludes halogenated alkanes) is 8. The maximum atomic E-state index is 11.3. The SMILES string of the molecule is CCCCCCCCCCCC(=O)OCC(O)CO.Cc1ccc(C(C)C)cc1O. The van der Waals surface area contributed by atoms with Crippen LogP contribution in [0, 0.1) is 6.92 Å². The van der Waals surface area contributed by atoms with Crippen LogP contribution in [0.2, 0.25) is 0 Å². The molecule has 1 unspecified atom stereocenters. The van der Waals surface area contributed by atoms with Gasteiger partial charge in [0, 0.05) is 6.42 Å². The quantitative estimate of drug-likeness (QED) is 0.266. The Labute approximate surface area is 183 Å². The number of benzene rings is 1. The molecule has 0 fully saturated rings. The number of hydrogen-bond acceptors (Lipinski definition) is 5. The Balaban J connectivity index is 0.000000642. The van der Waals surface area contributed by atoms with Gasteiger partial charge in [0.25, 0.3) is 0 Å². The van der Waals surface area contributed by atoms with Gasteiger partial charge in [-0.15, -0.1) is 0 Å². The second-order valence-corrected chi connectivity index (χ2v) is 8.30. The molecule has 0 aliphatic heterocycles. The van der Waals surface area contributed by atoms with Gasteiger partial charge in [0.2, 0.25) is 0 Å². The van der Waals surface area contributed by atoms with Gasteiger partial charge in [0.1, 0.15) is 18.5 Å². The third-order valence-electron chi connectivity index (χ3n) is 5.03. The fourth-order valence-corrected chi connectivity index (χ4v) is 2.88. The maximum absolute atomic E-state index is 11.3. The van der Waals surface area contributed by atoms with Crippen molar-refractivity contribution in [3.63, 3.8) is 0 Å². The van der Waals surface area contributed by atoms with E-state index in [4.69, 9.17) is 14.9 Å². The fourth-order valence-electron chi connectivity index (χ4n) is 2.88. The number of rotatable bonds is 14. The molecular formula is C25H44O5. The summed E-state index contributed by atoms with van der Waals surface area (Å²) in [7, 11) is 0. The minimum absolute atomic E-state index is 0.104. The molecule has 1 aromatic rings. The zero-order chi connectivity index (χ0) is 22.8. The van der Waals surface area contributed by atoms with Crippen LogP contribution in [0.15, 0.2) is 18.2 Å². The van der Waals surface area contributed by atoms with Crippen molar-refractivity contribution in [2.24, 2.45) is 0 Å². The Morgan fingerprint density at radius 1 is 1.00 bits per heavy atom. The normalized spacial score (nSPS) is 11.7. The van der Waals surface area contributed by atoms with Crippen LogP contribution >= 0.6 is 0 Å². The number of hydrogen-bond donors (Lipinski definition) is 3. The second kappa shape index (κ2) is 18.2. The van der Waals surface area contributed by atoms with Gasteiger partial charge in [-0.25, -0.2) is 0 Å². The van der Waals surface area contributed by atoms with Crippen LogP contribution in [0.3, 0.4) is 0 Å². The molecule has 1 aromatic carbocycles. The van der Waals surface area contributed by atoms with E-state index in [1.807, 2.05) is 19.1 Å². The lowest BCUT2D eigenvalue weighted by atomic mass is 10.0. The average Bonchev–Trinajstić information content (AvgIpc) is 2.73. The van der Waals surface area contributed by atoms with Gasteiger partial charge >= 0.3 is 5.97 Å². The van der Waals surface area contributed by atoms with E-state index in [9.17, 15) is 9.90 Å². The predicted octanol–water partition coefficient (Wildman–Crippen LogP) is 5.63. The largest absolute Gasteiger partial charge is 0.508 e. The summed E-state index contributed by atoms with van der Waals surface area (Å²) in [5, 5.41) is 26.9. The first-order valence-corrected chi connectivity index (χ1v) is 11.6. The van der Waals surface area contributed by atoms with Crippen molar-refractivity contribution < 1.29 is 24.9 Å². The van der Waals surface area contributed by atoms with Gasteiger partial charge in [-0.1, -0.05) is 84.3 Å². The minimum Gasteiger partial charge on any atom is -0.508 e. The van der Waals surface area contributed by atoms with Crippen molar-refractivity contribution in [2.45, 2.75) is 104 Å². The molecule has 0 saturated heterocycles.